The zero-order valence-electron chi connectivity index (χ0n) is 10.2. The van der Waals surface area contributed by atoms with Crippen LogP contribution in [0.3, 0.4) is 0 Å². The van der Waals surface area contributed by atoms with Gasteiger partial charge in [0.25, 0.3) is 0 Å². The van der Waals surface area contributed by atoms with Crippen molar-refractivity contribution in [2.45, 2.75) is 13.3 Å². The van der Waals surface area contributed by atoms with Crippen LogP contribution in [0, 0.1) is 11.8 Å². The Bertz CT molecular complexity index is 380. The minimum Gasteiger partial charge on any atom is -0.340 e. The van der Waals surface area contributed by atoms with Gasteiger partial charge in [-0.2, -0.15) is 0 Å². The van der Waals surface area contributed by atoms with Crippen molar-refractivity contribution in [1.29, 1.82) is 0 Å². The van der Waals surface area contributed by atoms with Crippen molar-refractivity contribution >= 4 is 15.7 Å². The van der Waals surface area contributed by atoms with E-state index in [1.807, 2.05) is 0 Å². The molecular weight excluding hydrogens is 240 g/mol. The first kappa shape index (κ1) is 12.8. The zero-order valence-corrected chi connectivity index (χ0v) is 11.0. The number of hydrogen-bond donors (Lipinski definition) is 1. The highest BCUT2D eigenvalue weighted by molar-refractivity contribution is 7.91. The number of nitrogens with one attached hydrogen (secondary N) is 1. The molecule has 5 nitrogen and oxygen atoms in total. The molecule has 2 rings (SSSR count). The lowest BCUT2D eigenvalue weighted by Gasteiger charge is -2.33. The van der Waals surface area contributed by atoms with Crippen molar-refractivity contribution in [3.63, 3.8) is 0 Å². The molecule has 2 heterocycles. The second-order valence-electron chi connectivity index (χ2n) is 5.17. The van der Waals surface area contributed by atoms with Crippen molar-refractivity contribution in [2.75, 3.05) is 37.7 Å². The van der Waals surface area contributed by atoms with E-state index >= 15 is 0 Å². The summed E-state index contributed by atoms with van der Waals surface area (Å²) in [5.41, 5.74) is 0. The number of carbonyl (C=O) groups is 1. The molecule has 2 fully saturated rings. The number of carbonyl (C=O) groups excluding carboxylic acids is 1. The fourth-order valence-electron chi connectivity index (χ4n) is 2.54. The molecule has 0 saturated carbocycles. The number of sulfone groups is 1. The maximum Gasteiger partial charge on any atom is 0.227 e. The van der Waals surface area contributed by atoms with E-state index in [4.69, 9.17) is 0 Å². The van der Waals surface area contributed by atoms with Crippen LogP contribution in [0.25, 0.3) is 0 Å². The Balaban J connectivity index is 1.92. The second kappa shape index (κ2) is 4.94. The van der Waals surface area contributed by atoms with E-state index in [1.54, 1.807) is 4.90 Å². The van der Waals surface area contributed by atoms with Crippen LogP contribution >= 0.6 is 0 Å². The molecule has 0 aromatic rings. The Hall–Kier alpha value is -0.620. The van der Waals surface area contributed by atoms with Crippen molar-refractivity contribution in [3.8, 4) is 0 Å². The van der Waals surface area contributed by atoms with Gasteiger partial charge >= 0.3 is 0 Å². The van der Waals surface area contributed by atoms with Crippen molar-refractivity contribution in [3.05, 3.63) is 0 Å². The van der Waals surface area contributed by atoms with Gasteiger partial charge < -0.3 is 10.2 Å². The SMILES string of the molecule is CC1CNCC(C(=O)N2CCS(=O)(=O)CC2)C1. The lowest BCUT2D eigenvalue weighted by atomic mass is 9.91. The minimum absolute atomic E-state index is 0.0274. The van der Waals surface area contributed by atoms with Gasteiger partial charge in [0.1, 0.15) is 0 Å². The number of amides is 1. The summed E-state index contributed by atoms with van der Waals surface area (Å²) in [5.74, 6) is 0.910. The van der Waals surface area contributed by atoms with Gasteiger partial charge in [0.05, 0.1) is 17.4 Å². The van der Waals surface area contributed by atoms with Gasteiger partial charge in [-0.15, -0.1) is 0 Å². The summed E-state index contributed by atoms with van der Waals surface area (Å²) in [4.78, 5) is 13.9. The minimum atomic E-state index is -2.90. The van der Waals surface area contributed by atoms with E-state index in [-0.39, 0.29) is 23.3 Å². The summed E-state index contributed by atoms with van der Waals surface area (Å²) < 4.78 is 22.6. The Morgan fingerprint density at radius 1 is 1.24 bits per heavy atom. The molecule has 2 aliphatic heterocycles. The highest BCUT2D eigenvalue weighted by Crippen LogP contribution is 2.19. The maximum absolute atomic E-state index is 12.2. The molecule has 17 heavy (non-hydrogen) atoms. The quantitative estimate of drug-likeness (QED) is 0.689. The first-order valence-electron chi connectivity index (χ1n) is 6.18. The van der Waals surface area contributed by atoms with Gasteiger partial charge in [0.2, 0.25) is 5.91 Å². The van der Waals surface area contributed by atoms with Gasteiger partial charge in [0, 0.05) is 19.6 Å². The third-order valence-corrected chi connectivity index (χ3v) is 5.18. The van der Waals surface area contributed by atoms with Gasteiger partial charge in [0.15, 0.2) is 9.84 Å². The molecule has 6 heteroatoms. The molecule has 2 aliphatic rings. The molecule has 0 aromatic heterocycles. The fraction of sp³-hybridized carbons (Fsp3) is 0.909. The predicted molar refractivity (Wildman–Crippen MR) is 65.4 cm³/mol. The van der Waals surface area contributed by atoms with E-state index in [0.717, 1.165) is 19.5 Å². The summed E-state index contributed by atoms with van der Waals surface area (Å²) in [7, 11) is -2.90. The summed E-state index contributed by atoms with van der Waals surface area (Å²) in [6.07, 6.45) is 0.912. The summed E-state index contributed by atoms with van der Waals surface area (Å²) in [5, 5.41) is 3.26. The molecule has 1 amide bonds. The predicted octanol–water partition coefficient (Wildman–Crippen LogP) is -0.511. The number of rotatable bonds is 1. The summed E-state index contributed by atoms with van der Waals surface area (Å²) in [6.45, 7) is 4.57. The Kier molecular flexibility index (Phi) is 3.73. The Morgan fingerprint density at radius 2 is 1.88 bits per heavy atom. The molecule has 98 valence electrons. The second-order valence-corrected chi connectivity index (χ2v) is 7.48. The van der Waals surface area contributed by atoms with Crippen LogP contribution in [-0.4, -0.2) is 56.9 Å². The fourth-order valence-corrected chi connectivity index (χ4v) is 3.74. The number of hydrogen-bond acceptors (Lipinski definition) is 4. The molecule has 2 unspecified atom stereocenters. The standard InChI is InChI=1S/C11H20N2O3S/c1-9-6-10(8-12-7-9)11(14)13-2-4-17(15,16)5-3-13/h9-10,12H,2-8H2,1H3. The van der Waals surface area contributed by atoms with Crippen molar-refractivity contribution in [1.82, 2.24) is 10.2 Å². The average Bonchev–Trinajstić information content (AvgIpc) is 2.28. The monoisotopic (exact) mass is 260 g/mol. The molecule has 0 spiro atoms. The summed E-state index contributed by atoms with van der Waals surface area (Å²) in [6, 6.07) is 0. The molecule has 0 aliphatic carbocycles. The molecule has 1 N–H and O–H groups in total. The van der Waals surface area contributed by atoms with Crippen LogP contribution in [0.1, 0.15) is 13.3 Å². The van der Waals surface area contributed by atoms with E-state index in [9.17, 15) is 13.2 Å². The Morgan fingerprint density at radius 3 is 2.47 bits per heavy atom. The van der Waals surface area contributed by atoms with Gasteiger partial charge in [-0.1, -0.05) is 6.92 Å². The normalized spacial score (nSPS) is 33.4. The smallest absolute Gasteiger partial charge is 0.227 e. The topological polar surface area (TPSA) is 66.5 Å². The number of piperidine rings is 1. The molecule has 2 saturated heterocycles. The number of nitrogens with zero attached hydrogens (tertiary/aromatic N) is 1. The van der Waals surface area contributed by atoms with E-state index < -0.39 is 9.84 Å². The van der Waals surface area contributed by atoms with Gasteiger partial charge in [-0.25, -0.2) is 8.42 Å². The molecule has 0 radical (unpaired) electrons. The third kappa shape index (κ3) is 3.19. The average molecular weight is 260 g/mol. The largest absolute Gasteiger partial charge is 0.340 e. The van der Waals surface area contributed by atoms with Crippen LogP contribution in [0.15, 0.2) is 0 Å². The highest BCUT2D eigenvalue weighted by Gasteiger charge is 2.31. The Labute approximate surface area is 102 Å². The van der Waals surface area contributed by atoms with Crippen molar-refractivity contribution in [2.24, 2.45) is 11.8 Å². The van der Waals surface area contributed by atoms with Crippen LogP contribution in [-0.2, 0) is 14.6 Å². The van der Waals surface area contributed by atoms with E-state index in [2.05, 4.69) is 12.2 Å². The maximum atomic E-state index is 12.2. The van der Waals surface area contributed by atoms with E-state index in [0.29, 0.717) is 19.0 Å². The summed E-state index contributed by atoms with van der Waals surface area (Å²) >= 11 is 0. The highest BCUT2D eigenvalue weighted by atomic mass is 32.2. The van der Waals surface area contributed by atoms with Crippen LogP contribution in [0.2, 0.25) is 0 Å². The molecular formula is C11H20N2O3S. The molecule has 0 bridgehead atoms. The lowest BCUT2D eigenvalue weighted by molar-refractivity contribution is -0.136. The van der Waals surface area contributed by atoms with Crippen LogP contribution in [0.4, 0.5) is 0 Å². The van der Waals surface area contributed by atoms with Gasteiger partial charge in [-0.3, -0.25) is 4.79 Å². The third-order valence-electron chi connectivity index (χ3n) is 3.58. The zero-order chi connectivity index (χ0) is 12.5. The van der Waals surface area contributed by atoms with Gasteiger partial charge in [-0.05, 0) is 18.9 Å². The van der Waals surface area contributed by atoms with Crippen LogP contribution < -0.4 is 5.32 Å². The van der Waals surface area contributed by atoms with Crippen LogP contribution in [0.5, 0.6) is 0 Å². The molecule has 2 atom stereocenters. The van der Waals surface area contributed by atoms with Crippen molar-refractivity contribution < 1.29 is 13.2 Å². The first-order valence-corrected chi connectivity index (χ1v) is 8.00. The van der Waals surface area contributed by atoms with E-state index in [1.165, 1.54) is 0 Å². The molecule has 0 aromatic carbocycles. The first-order chi connectivity index (χ1) is 7.98. The lowest BCUT2D eigenvalue weighted by Crippen LogP contribution is -2.50.